The Balaban J connectivity index is 2.05. The molecular weight excluding hydrogens is 392 g/mol. The summed E-state index contributed by atoms with van der Waals surface area (Å²) in [5.74, 6) is -1.31. The molecule has 3 rings (SSSR count). The zero-order chi connectivity index (χ0) is 19.0. The molecule has 0 aromatic heterocycles. The van der Waals surface area contributed by atoms with E-state index in [2.05, 4.69) is 0 Å². The number of likely N-dealkylation sites (N-methyl/N-ethyl adjacent to an activating group) is 1. The second kappa shape index (κ2) is 7.42. The van der Waals surface area contributed by atoms with E-state index >= 15 is 0 Å². The first-order valence-corrected chi connectivity index (χ1v) is 10.4. The molecule has 0 radical (unpaired) electrons. The number of para-hydroxylation sites is 1. The highest BCUT2D eigenvalue weighted by Crippen LogP contribution is 2.44. The molecule has 1 N–H and O–H groups in total. The van der Waals surface area contributed by atoms with E-state index in [4.69, 9.17) is 12.2 Å². The maximum Gasteiger partial charge on any atom is 0.326 e. The number of anilines is 1. The van der Waals surface area contributed by atoms with E-state index < -0.39 is 17.9 Å². The smallest absolute Gasteiger partial charge is 0.326 e. The summed E-state index contributed by atoms with van der Waals surface area (Å²) < 4.78 is 0.172. The zero-order valence-corrected chi connectivity index (χ0v) is 16.5. The van der Waals surface area contributed by atoms with Gasteiger partial charge in [-0.3, -0.25) is 14.5 Å². The number of amides is 2. The van der Waals surface area contributed by atoms with Gasteiger partial charge in [0.15, 0.2) is 0 Å². The molecule has 2 heterocycles. The van der Waals surface area contributed by atoms with Gasteiger partial charge in [0, 0.05) is 12.6 Å². The van der Waals surface area contributed by atoms with Gasteiger partial charge in [-0.2, -0.15) is 11.8 Å². The van der Waals surface area contributed by atoms with Crippen LogP contribution in [0.1, 0.15) is 12.0 Å². The number of aliphatic carboxylic acids is 1. The summed E-state index contributed by atoms with van der Waals surface area (Å²) in [6.45, 7) is 0. The number of rotatable bonds is 5. The Morgan fingerprint density at radius 1 is 1.31 bits per heavy atom. The van der Waals surface area contributed by atoms with E-state index in [9.17, 15) is 19.5 Å². The Kier molecular flexibility index (Phi) is 5.40. The van der Waals surface area contributed by atoms with Crippen LogP contribution in [0.3, 0.4) is 0 Å². The Labute approximate surface area is 164 Å². The van der Waals surface area contributed by atoms with Crippen molar-refractivity contribution >= 4 is 69.1 Å². The van der Waals surface area contributed by atoms with Crippen molar-refractivity contribution in [3.05, 3.63) is 34.7 Å². The largest absolute Gasteiger partial charge is 0.480 e. The number of carbonyl (C=O) groups is 3. The van der Waals surface area contributed by atoms with Crippen molar-refractivity contribution in [3.63, 3.8) is 0 Å². The maximum absolute atomic E-state index is 13.0. The predicted octanol–water partition coefficient (Wildman–Crippen LogP) is 2.44. The van der Waals surface area contributed by atoms with Crippen molar-refractivity contribution in [1.82, 2.24) is 4.90 Å². The molecule has 6 nitrogen and oxygen atoms in total. The molecule has 0 spiro atoms. The zero-order valence-electron chi connectivity index (χ0n) is 14.1. The van der Waals surface area contributed by atoms with Crippen molar-refractivity contribution in [2.24, 2.45) is 0 Å². The monoisotopic (exact) mass is 408 g/mol. The summed E-state index contributed by atoms with van der Waals surface area (Å²) in [6.07, 6.45) is 2.16. The Morgan fingerprint density at radius 3 is 2.65 bits per heavy atom. The van der Waals surface area contributed by atoms with Crippen LogP contribution >= 0.6 is 35.7 Å². The molecule has 1 atom stereocenters. The van der Waals surface area contributed by atoms with Crippen LogP contribution < -0.4 is 4.90 Å². The van der Waals surface area contributed by atoms with Crippen molar-refractivity contribution in [1.29, 1.82) is 0 Å². The SMILES string of the molecule is CSCCC(C(=O)O)N1C(=O)/C(=C2\C(=O)N(C)c3ccccc32)SC1=S. The molecule has 1 unspecified atom stereocenters. The topological polar surface area (TPSA) is 77.9 Å². The van der Waals surface area contributed by atoms with Crippen molar-refractivity contribution in [2.45, 2.75) is 12.5 Å². The Hall–Kier alpha value is -1.84. The minimum Gasteiger partial charge on any atom is -0.480 e. The summed E-state index contributed by atoms with van der Waals surface area (Å²) in [6, 6.07) is 6.17. The Morgan fingerprint density at radius 2 is 2.00 bits per heavy atom. The highest BCUT2D eigenvalue weighted by molar-refractivity contribution is 8.26. The average molecular weight is 409 g/mol. The molecule has 0 bridgehead atoms. The van der Waals surface area contributed by atoms with Crippen molar-refractivity contribution < 1.29 is 19.5 Å². The second-order valence-electron chi connectivity index (χ2n) is 5.76. The van der Waals surface area contributed by atoms with Gasteiger partial charge < -0.3 is 10.0 Å². The normalized spacial score (nSPS) is 20.8. The molecule has 1 aromatic carbocycles. The number of nitrogens with zero attached hydrogens (tertiary/aromatic N) is 2. The number of benzene rings is 1. The number of fused-ring (bicyclic) bond motifs is 1. The fourth-order valence-corrected chi connectivity index (χ4v) is 4.87. The third kappa shape index (κ3) is 3.04. The molecule has 2 amide bonds. The van der Waals surface area contributed by atoms with Gasteiger partial charge in [-0.05, 0) is 24.5 Å². The lowest BCUT2D eigenvalue weighted by Crippen LogP contribution is -2.44. The number of carbonyl (C=O) groups excluding carboxylic acids is 2. The van der Waals surface area contributed by atoms with E-state index in [0.717, 1.165) is 22.3 Å². The molecule has 2 aliphatic heterocycles. The fraction of sp³-hybridized carbons (Fsp3) is 0.294. The maximum atomic E-state index is 13.0. The third-order valence-corrected chi connectivity index (χ3v) is 6.32. The molecule has 2 aliphatic rings. The van der Waals surface area contributed by atoms with Crippen LogP contribution in [0, 0.1) is 0 Å². The highest BCUT2D eigenvalue weighted by Gasteiger charge is 2.44. The molecule has 1 fully saturated rings. The van der Waals surface area contributed by atoms with Gasteiger partial charge in [-0.1, -0.05) is 42.2 Å². The number of hydrogen-bond donors (Lipinski definition) is 1. The molecule has 1 aromatic rings. The molecule has 1 saturated heterocycles. The molecule has 26 heavy (non-hydrogen) atoms. The van der Waals surface area contributed by atoms with Gasteiger partial charge in [-0.25, -0.2) is 4.79 Å². The van der Waals surface area contributed by atoms with Crippen LogP contribution in [0.15, 0.2) is 29.2 Å². The van der Waals surface area contributed by atoms with E-state index in [1.165, 1.54) is 16.7 Å². The van der Waals surface area contributed by atoms with Crippen LogP contribution in [-0.2, 0) is 14.4 Å². The molecule has 9 heteroatoms. The number of carboxylic acid groups (broad SMARTS) is 1. The number of thiocarbonyl (C=S) groups is 1. The van der Waals surface area contributed by atoms with Crippen LogP contribution in [0.5, 0.6) is 0 Å². The number of carboxylic acids is 1. The first-order chi connectivity index (χ1) is 12.4. The average Bonchev–Trinajstić information content (AvgIpc) is 3.03. The van der Waals surface area contributed by atoms with Gasteiger partial charge in [0.05, 0.1) is 16.2 Å². The van der Waals surface area contributed by atoms with E-state index in [1.807, 2.05) is 12.3 Å². The number of thioether (sulfide) groups is 2. The lowest BCUT2D eigenvalue weighted by molar-refractivity contribution is -0.145. The summed E-state index contributed by atoms with van der Waals surface area (Å²) in [4.78, 5) is 40.2. The molecular formula is C17H16N2O4S3. The van der Waals surface area contributed by atoms with Gasteiger partial charge in [0.1, 0.15) is 10.4 Å². The highest BCUT2D eigenvalue weighted by atomic mass is 32.2. The lowest BCUT2D eigenvalue weighted by Gasteiger charge is -2.22. The van der Waals surface area contributed by atoms with Crippen molar-refractivity contribution in [3.8, 4) is 0 Å². The van der Waals surface area contributed by atoms with Crippen LogP contribution in [0.4, 0.5) is 5.69 Å². The fourth-order valence-electron chi connectivity index (χ4n) is 2.98. The van der Waals surface area contributed by atoms with Gasteiger partial charge in [0.25, 0.3) is 11.8 Å². The first kappa shape index (κ1) is 18.9. The summed E-state index contributed by atoms with van der Waals surface area (Å²) >= 11 is 7.78. The Bertz CT molecular complexity index is 852. The first-order valence-electron chi connectivity index (χ1n) is 7.77. The minimum absolute atomic E-state index is 0.172. The quantitative estimate of drug-likeness (QED) is 0.592. The molecule has 0 aliphatic carbocycles. The van der Waals surface area contributed by atoms with Crippen LogP contribution in [0.2, 0.25) is 0 Å². The van der Waals surface area contributed by atoms with Gasteiger partial charge >= 0.3 is 5.97 Å². The van der Waals surface area contributed by atoms with Crippen LogP contribution in [-0.4, -0.2) is 57.2 Å². The van der Waals surface area contributed by atoms with E-state index in [0.29, 0.717) is 11.3 Å². The minimum atomic E-state index is -1.10. The van der Waals surface area contributed by atoms with Crippen LogP contribution in [0.25, 0.3) is 5.57 Å². The predicted molar refractivity (Wildman–Crippen MR) is 108 cm³/mol. The summed E-state index contributed by atoms with van der Waals surface area (Å²) in [5, 5.41) is 9.54. The standard InChI is InChI=1S/C17H16N2O4S3/c1-18-10-6-4-3-5-9(10)12(14(18)20)13-15(21)19(17(24)26-13)11(16(22)23)7-8-25-2/h3-6,11H,7-8H2,1-2H3,(H,22,23)/b13-12+. The number of hydrogen-bond acceptors (Lipinski definition) is 6. The van der Waals surface area contributed by atoms with Gasteiger partial charge in [0.2, 0.25) is 0 Å². The lowest BCUT2D eigenvalue weighted by atomic mass is 10.1. The van der Waals surface area contributed by atoms with E-state index in [1.54, 1.807) is 25.2 Å². The second-order valence-corrected chi connectivity index (χ2v) is 8.39. The third-order valence-electron chi connectivity index (χ3n) is 4.27. The molecule has 136 valence electrons. The van der Waals surface area contributed by atoms with E-state index in [-0.39, 0.29) is 27.1 Å². The van der Waals surface area contributed by atoms with Gasteiger partial charge in [-0.15, -0.1) is 0 Å². The van der Waals surface area contributed by atoms with Crippen molar-refractivity contribution in [2.75, 3.05) is 24.0 Å². The molecule has 0 saturated carbocycles. The summed E-state index contributed by atoms with van der Waals surface area (Å²) in [7, 11) is 1.65. The summed E-state index contributed by atoms with van der Waals surface area (Å²) in [5.41, 5.74) is 1.67.